The van der Waals surface area contributed by atoms with Crippen molar-refractivity contribution in [2.75, 3.05) is 0 Å². The molecule has 0 fully saturated rings. The van der Waals surface area contributed by atoms with Crippen molar-refractivity contribution in [3.8, 4) is 0 Å². The number of fused-ring (bicyclic) bond motifs is 1. The molecular formula is C7H7N3OS. The van der Waals surface area contributed by atoms with Crippen LogP contribution in [0, 0.1) is 4.64 Å². The Balaban J connectivity index is 2.92. The Labute approximate surface area is 73.6 Å². The van der Waals surface area contributed by atoms with E-state index in [-0.39, 0.29) is 0 Å². The summed E-state index contributed by atoms with van der Waals surface area (Å²) >= 11 is 5.03. The molecule has 2 aromatic rings. The SMILES string of the molecule is CCc1noc2[nH]cnc(=S)c12. The maximum atomic E-state index is 5.03. The van der Waals surface area contributed by atoms with E-state index >= 15 is 0 Å². The van der Waals surface area contributed by atoms with Crippen LogP contribution in [0.2, 0.25) is 0 Å². The van der Waals surface area contributed by atoms with Crippen molar-refractivity contribution in [2.24, 2.45) is 0 Å². The van der Waals surface area contributed by atoms with Crippen molar-refractivity contribution in [3.63, 3.8) is 0 Å². The van der Waals surface area contributed by atoms with Crippen LogP contribution in [0.25, 0.3) is 11.1 Å². The van der Waals surface area contributed by atoms with Crippen LogP contribution in [0.15, 0.2) is 10.9 Å². The van der Waals surface area contributed by atoms with E-state index in [0.717, 1.165) is 17.5 Å². The van der Waals surface area contributed by atoms with E-state index in [1.807, 2.05) is 6.92 Å². The van der Waals surface area contributed by atoms with Gasteiger partial charge in [-0.3, -0.25) is 0 Å². The summed E-state index contributed by atoms with van der Waals surface area (Å²) in [5, 5.41) is 4.69. The van der Waals surface area contributed by atoms with Gasteiger partial charge in [-0.15, -0.1) is 0 Å². The van der Waals surface area contributed by atoms with Gasteiger partial charge in [-0.2, -0.15) is 0 Å². The average Bonchev–Trinajstić information content (AvgIpc) is 2.49. The van der Waals surface area contributed by atoms with Gasteiger partial charge in [-0.05, 0) is 6.42 Å². The number of aromatic amines is 1. The van der Waals surface area contributed by atoms with Crippen LogP contribution in [0.4, 0.5) is 0 Å². The van der Waals surface area contributed by atoms with E-state index < -0.39 is 0 Å². The highest BCUT2D eigenvalue weighted by Gasteiger charge is 2.07. The van der Waals surface area contributed by atoms with E-state index in [9.17, 15) is 0 Å². The Hall–Kier alpha value is -1.23. The monoisotopic (exact) mass is 181 g/mol. The summed E-state index contributed by atoms with van der Waals surface area (Å²) in [7, 11) is 0. The summed E-state index contributed by atoms with van der Waals surface area (Å²) in [6.45, 7) is 2.00. The van der Waals surface area contributed by atoms with Gasteiger partial charge in [0.1, 0.15) is 4.64 Å². The third-order valence-electron chi connectivity index (χ3n) is 1.69. The first-order valence-corrected chi connectivity index (χ1v) is 4.05. The molecule has 0 bridgehead atoms. The largest absolute Gasteiger partial charge is 0.337 e. The number of rotatable bonds is 1. The van der Waals surface area contributed by atoms with E-state index in [1.54, 1.807) is 0 Å². The number of aromatic nitrogens is 3. The van der Waals surface area contributed by atoms with Gasteiger partial charge in [0.05, 0.1) is 17.4 Å². The van der Waals surface area contributed by atoms with Gasteiger partial charge in [0.2, 0.25) is 5.71 Å². The van der Waals surface area contributed by atoms with Gasteiger partial charge in [0.15, 0.2) is 0 Å². The van der Waals surface area contributed by atoms with Crippen molar-refractivity contribution in [1.82, 2.24) is 15.1 Å². The predicted octanol–water partition coefficient (Wildman–Crippen LogP) is 1.84. The minimum Gasteiger partial charge on any atom is -0.337 e. The summed E-state index contributed by atoms with van der Waals surface area (Å²) in [5.41, 5.74) is 1.46. The van der Waals surface area contributed by atoms with Gasteiger partial charge >= 0.3 is 0 Å². The third-order valence-corrected chi connectivity index (χ3v) is 2.00. The molecule has 2 rings (SSSR count). The fourth-order valence-electron chi connectivity index (χ4n) is 1.10. The highest BCUT2D eigenvalue weighted by molar-refractivity contribution is 7.71. The summed E-state index contributed by atoms with van der Waals surface area (Å²) in [5.74, 6) is 0. The Morgan fingerprint density at radius 2 is 2.50 bits per heavy atom. The zero-order chi connectivity index (χ0) is 8.55. The van der Waals surface area contributed by atoms with E-state index in [0.29, 0.717) is 10.4 Å². The molecule has 1 N–H and O–H groups in total. The quantitative estimate of drug-likeness (QED) is 0.682. The molecule has 0 spiro atoms. The zero-order valence-electron chi connectivity index (χ0n) is 6.50. The van der Waals surface area contributed by atoms with Gasteiger partial charge in [-0.25, -0.2) is 4.98 Å². The lowest BCUT2D eigenvalue weighted by molar-refractivity contribution is 0.439. The molecule has 5 heteroatoms. The molecule has 0 atom stereocenters. The first kappa shape index (κ1) is 7.42. The third kappa shape index (κ3) is 0.937. The summed E-state index contributed by atoms with van der Waals surface area (Å²) in [4.78, 5) is 6.79. The minimum atomic E-state index is 0.543. The van der Waals surface area contributed by atoms with E-state index in [1.165, 1.54) is 6.33 Å². The minimum absolute atomic E-state index is 0.543. The number of nitrogens with zero attached hydrogens (tertiary/aromatic N) is 2. The van der Waals surface area contributed by atoms with Crippen molar-refractivity contribution in [1.29, 1.82) is 0 Å². The van der Waals surface area contributed by atoms with Gasteiger partial charge in [-0.1, -0.05) is 24.3 Å². The molecule has 0 radical (unpaired) electrons. The highest BCUT2D eigenvalue weighted by Crippen LogP contribution is 2.15. The maximum absolute atomic E-state index is 5.03. The number of H-pyrrole nitrogens is 1. The molecule has 12 heavy (non-hydrogen) atoms. The molecule has 0 amide bonds. The number of aryl methyl sites for hydroxylation is 1. The van der Waals surface area contributed by atoms with Gasteiger partial charge < -0.3 is 9.51 Å². The van der Waals surface area contributed by atoms with Crippen molar-refractivity contribution in [2.45, 2.75) is 13.3 Å². The first-order valence-electron chi connectivity index (χ1n) is 3.65. The number of hydrogen-bond donors (Lipinski definition) is 1. The lowest BCUT2D eigenvalue weighted by Crippen LogP contribution is -1.83. The van der Waals surface area contributed by atoms with E-state index in [2.05, 4.69) is 15.1 Å². The molecule has 0 aliphatic carbocycles. The molecule has 0 aliphatic rings. The second kappa shape index (κ2) is 2.67. The van der Waals surface area contributed by atoms with Crippen LogP contribution in [-0.4, -0.2) is 15.1 Å². The maximum Gasteiger partial charge on any atom is 0.240 e. The lowest BCUT2D eigenvalue weighted by atomic mass is 10.2. The number of nitrogens with one attached hydrogen (secondary N) is 1. The molecule has 0 unspecified atom stereocenters. The van der Waals surface area contributed by atoms with Crippen LogP contribution in [-0.2, 0) is 6.42 Å². The Bertz CT molecular complexity index is 459. The fraction of sp³-hybridized carbons (Fsp3) is 0.286. The fourth-order valence-corrected chi connectivity index (χ4v) is 1.36. The second-order valence-electron chi connectivity index (χ2n) is 2.39. The molecule has 0 aromatic carbocycles. The molecular weight excluding hydrogens is 174 g/mol. The van der Waals surface area contributed by atoms with E-state index in [4.69, 9.17) is 16.7 Å². The Morgan fingerprint density at radius 3 is 3.25 bits per heavy atom. The Morgan fingerprint density at radius 1 is 1.67 bits per heavy atom. The van der Waals surface area contributed by atoms with Crippen molar-refractivity contribution < 1.29 is 4.52 Å². The standard InChI is InChI=1S/C7H7N3OS/c1-2-4-5-6(11-10-4)8-3-9-7(5)12/h3H,2H2,1H3,(H,8,9,12). The van der Waals surface area contributed by atoms with Crippen molar-refractivity contribution in [3.05, 3.63) is 16.7 Å². The van der Waals surface area contributed by atoms with Crippen LogP contribution < -0.4 is 0 Å². The lowest BCUT2D eigenvalue weighted by Gasteiger charge is -1.87. The highest BCUT2D eigenvalue weighted by atomic mass is 32.1. The van der Waals surface area contributed by atoms with Crippen LogP contribution >= 0.6 is 12.2 Å². The van der Waals surface area contributed by atoms with Crippen LogP contribution in [0.1, 0.15) is 12.6 Å². The topological polar surface area (TPSA) is 54.7 Å². The summed E-state index contributed by atoms with van der Waals surface area (Å²) in [6, 6.07) is 0. The summed E-state index contributed by atoms with van der Waals surface area (Å²) < 4.78 is 5.55. The predicted molar refractivity (Wildman–Crippen MR) is 46.4 cm³/mol. The van der Waals surface area contributed by atoms with Gasteiger partial charge in [0.25, 0.3) is 0 Å². The Kier molecular flexibility index (Phi) is 1.65. The normalized spacial score (nSPS) is 10.8. The average molecular weight is 181 g/mol. The number of hydrogen-bond acceptors (Lipinski definition) is 4. The molecule has 4 nitrogen and oxygen atoms in total. The second-order valence-corrected chi connectivity index (χ2v) is 2.78. The zero-order valence-corrected chi connectivity index (χ0v) is 7.31. The molecule has 62 valence electrons. The van der Waals surface area contributed by atoms with Crippen LogP contribution in [0.5, 0.6) is 0 Å². The molecule has 0 aliphatic heterocycles. The van der Waals surface area contributed by atoms with Crippen molar-refractivity contribution >= 4 is 23.3 Å². The molecule has 2 heterocycles. The summed E-state index contributed by atoms with van der Waals surface area (Å²) in [6.07, 6.45) is 2.31. The first-order chi connectivity index (χ1) is 5.83. The molecule has 0 saturated carbocycles. The molecule has 2 aromatic heterocycles. The van der Waals surface area contributed by atoms with Crippen LogP contribution in [0.3, 0.4) is 0 Å². The molecule has 0 saturated heterocycles. The smallest absolute Gasteiger partial charge is 0.240 e. The van der Waals surface area contributed by atoms with Gasteiger partial charge in [0, 0.05) is 0 Å².